The van der Waals surface area contributed by atoms with Gasteiger partial charge in [0.1, 0.15) is 0 Å². The monoisotopic (exact) mass is 190 g/mol. The lowest BCUT2D eigenvalue weighted by Gasteiger charge is -2.08. The van der Waals surface area contributed by atoms with Crippen LogP contribution in [0.1, 0.15) is 33.6 Å². The van der Waals surface area contributed by atoms with Gasteiger partial charge in [0, 0.05) is 6.61 Å². The Labute approximate surface area is 81.0 Å². The molecule has 3 heteroatoms. The third kappa shape index (κ3) is 11.9. The van der Waals surface area contributed by atoms with Crippen molar-refractivity contribution in [1.29, 1.82) is 0 Å². The summed E-state index contributed by atoms with van der Waals surface area (Å²) in [5.41, 5.74) is 0. The van der Waals surface area contributed by atoms with Crippen molar-refractivity contribution >= 4 is 0 Å². The van der Waals surface area contributed by atoms with Crippen molar-refractivity contribution in [3.63, 3.8) is 0 Å². The van der Waals surface area contributed by atoms with Crippen LogP contribution in [0.2, 0.25) is 0 Å². The third-order valence-electron chi connectivity index (χ3n) is 1.66. The molecule has 0 radical (unpaired) electrons. The van der Waals surface area contributed by atoms with Gasteiger partial charge in [-0.15, -0.1) is 0 Å². The van der Waals surface area contributed by atoms with Crippen LogP contribution in [0, 0.1) is 5.92 Å². The fraction of sp³-hybridized carbons (Fsp3) is 1.00. The van der Waals surface area contributed by atoms with Gasteiger partial charge in [-0.2, -0.15) is 0 Å². The summed E-state index contributed by atoms with van der Waals surface area (Å²) < 4.78 is 10.2. The number of aliphatic hydroxyl groups is 1. The van der Waals surface area contributed by atoms with E-state index < -0.39 is 6.29 Å². The molecule has 1 atom stereocenters. The summed E-state index contributed by atoms with van der Waals surface area (Å²) in [5.74, 6) is 0.748. The van der Waals surface area contributed by atoms with Crippen molar-refractivity contribution < 1.29 is 14.6 Å². The molecule has 0 aliphatic carbocycles. The van der Waals surface area contributed by atoms with E-state index in [2.05, 4.69) is 13.8 Å². The molecule has 0 fully saturated rings. The van der Waals surface area contributed by atoms with Gasteiger partial charge in [0.2, 0.25) is 0 Å². The van der Waals surface area contributed by atoms with Crippen molar-refractivity contribution in [1.82, 2.24) is 0 Å². The molecule has 0 heterocycles. The summed E-state index contributed by atoms with van der Waals surface area (Å²) in [4.78, 5) is 0. The Morgan fingerprint density at radius 3 is 2.31 bits per heavy atom. The topological polar surface area (TPSA) is 38.7 Å². The molecule has 0 aliphatic heterocycles. The number of hydrogen-bond donors (Lipinski definition) is 1. The Balaban J connectivity index is 2.92. The third-order valence-corrected chi connectivity index (χ3v) is 1.66. The zero-order valence-corrected chi connectivity index (χ0v) is 8.95. The summed E-state index contributed by atoms with van der Waals surface area (Å²) in [6, 6.07) is 0. The highest BCUT2D eigenvalue weighted by molar-refractivity contribution is 4.44. The summed E-state index contributed by atoms with van der Waals surface area (Å²) in [6.45, 7) is 7.84. The van der Waals surface area contributed by atoms with Gasteiger partial charge in [-0.3, -0.25) is 0 Å². The zero-order chi connectivity index (χ0) is 10.1. The molecule has 80 valence electrons. The normalized spacial score (nSPS) is 13.6. The quantitative estimate of drug-likeness (QED) is 0.468. The van der Waals surface area contributed by atoms with Gasteiger partial charge in [0.25, 0.3) is 0 Å². The lowest BCUT2D eigenvalue weighted by molar-refractivity contribution is -0.0995. The molecular formula is C10H22O3. The van der Waals surface area contributed by atoms with E-state index >= 15 is 0 Å². The SMILES string of the molecule is CC(C)CCCOCCOC(C)O. The van der Waals surface area contributed by atoms with E-state index in [1.165, 1.54) is 6.42 Å². The van der Waals surface area contributed by atoms with Crippen molar-refractivity contribution in [2.24, 2.45) is 5.92 Å². The second-order valence-electron chi connectivity index (χ2n) is 3.62. The van der Waals surface area contributed by atoms with Crippen LogP contribution in [0.25, 0.3) is 0 Å². The molecule has 13 heavy (non-hydrogen) atoms. The summed E-state index contributed by atoms with van der Waals surface area (Å²) in [5, 5.41) is 8.75. The standard InChI is InChI=1S/C10H22O3/c1-9(2)5-4-6-12-7-8-13-10(3)11/h9-11H,4-8H2,1-3H3. The van der Waals surface area contributed by atoms with E-state index in [1.54, 1.807) is 6.92 Å². The molecule has 1 unspecified atom stereocenters. The minimum atomic E-state index is -0.681. The van der Waals surface area contributed by atoms with E-state index in [9.17, 15) is 0 Å². The predicted molar refractivity (Wildman–Crippen MR) is 52.5 cm³/mol. The van der Waals surface area contributed by atoms with Gasteiger partial charge in [-0.25, -0.2) is 0 Å². The highest BCUT2D eigenvalue weighted by Crippen LogP contribution is 2.02. The number of hydrogen-bond acceptors (Lipinski definition) is 3. The minimum Gasteiger partial charge on any atom is -0.379 e. The van der Waals surface area contributed by atoms with Gasteiger partial charge >= 0.3 is 0 Å². The first kappa shape index (κ1) is 12.9. The zero-order valence-electron chi connectivity index (χ0n) is 8.95. The molecule has 0 bridgehead atoms. The van der Waals surface area contributed by atoms with Crippen molar-refractivity contribution in [2.75, 3.05) is 19.8 Å². The first-order valence-corrected chi connectivity index (χ1v) is 5.00. The molecule has 0 saturated heterocycles. The molecular weight excluding hydrogens is 168 g/mol. The summed E-state index contributed by atoms with van der Waals surface area (Å²) in [7, 11) is 0. The van der Waals surface area contributed by atoms with Crippen LogP contribution in [-0.4, -0.2) is 31.2 Å². The molecule has 0 spiro atoms. The number of rotatable bonds is 8. The number of aliphatic hydroxyl groups excluding tert-OH is 1. The van der Waals surface area contributed by atoms with Crippen molar-refractivity contribution in [2.45, 2.75) is 39.9 Å². The van der Waals surface area contributed by atoms with E-state index in [-0.39, 0.29) is 0 Å². The second kappa shape index (κ2) is 8.48. The van der Waals surface area contributed by atoms with E-state index in [4.69, 9.17) is 14.6 Å². The fourth-order valence-electron chi connectivity index (χ4n) is 0.973. The molecule has 0 aliphatic rings. The van der Waals surface area contributed by atoms with Gasteiger partial charge in [0.05, 0.1) is 13.2 Å². The molecule has 0 rings (SSSR count). The second-order valence-corrected chi connectivity index (χ2v) is 3.62. The van der Waals surface area contributed by atoms with E-state index in [0.29, 0.717) is 13.2 Å². The summed E-state index contributed by atoms with van der Waals surface area (Å²) >= 11 is 0. The van der Waals surface area contributed by atoms with Crippen LogP contribution in [0.15, 0.2) is 0 Å². The average Bonchev–Trinajstić information content (AvgIpc) is 2.01. The van der Waals surface area contributed by atoms with Gasteiger partial charge in [0.15, 0.2) is 6.29 Å². The largest absolute Gasteiger partial charge is 0.379 e. The lowest BCUT2D eigenvalue weighted by Crippen LogP contribution is -2.12. The molecule has 0 aromatic rings. The van der Waals surface area contributed by atoms with Crippen molar-refractivity contribution in [3.8, 4) is 0 Å². The van der Waals surface area contributed by atoms with E-state index in [1.807, 2.05) is 0 Å². The maximum Gasteiger partial charge on any atom is 0.151 e. The maximum atomic E-state index is 8.75. The Morgan fingerprint density at radius 2 is 1.77 bits per heavy atom. The van der Waals surface area contributed by atoms with Crippen LogP contribution in [0.5, 0.6) is 0 Å². The van der Waals surface area contributed by atoms with Crippen LogP contribution in [-0.2, 0) is 9.47 Å². The van der Waals surface area contributed by atoms with Gasteiger partial charge in [-0.1, -0.05) is 13.8 Å². The van der Waals surface area contributed by atoms with Crippen LogP contribution < -0.4 is 0 Å². The Hall–Kier alpha value is -0.120. The summed E-state index contributed by atoms with van der Waals surface area (Å²) in [6.07, 6.45) is 1.63. The highest BCUT2D eigenvalue weighted by Gasteiger charge is 1.95. The van der Waals surface area contributed by atoms with Crippen LogP contribution >= 0.6 is 0 Å². The molecule has 0 saturated carbocycles. The molecule has 0 aromatic heterocycles. The molecule has 3 nitrogen and oxygen atoms in total. The molecule has 1 N–H and O–H groups in total. The Bertz CT molecular complexity index is 90.3. The Kier molecular flexibility index (Phi) is 8.40. The van der Waals surface area contributed by atoms with Crippen LogP contribution in [0.4, 0.5) is 0 Å². The highest BCUT2D eigenvalue weighted by atomic mass is 16.6. The van der Waals surface area contributed by atoms with E-state index in [0.717, 1.165) is 18.9 Å². The first-order chi connectivity index (χ1) is 6.13. The van der Waals surface area contributed by atoms with Crippen LogP contribution in [0.3, 0.4) is 0 Å². The average molecular weight is 190 g/mol. The van der Waals surface area contributed by atoms with Gasteiger partial charge in [-0.05, 0) is 25.7 Å². The predicted octanol–water partition coefficient (Wildman–Crippen LogP) is 1.79. The maximum absolute atomic E-state index is 8.75. The number of ether oxygens (including phenoxy) is 2. The Morgan fingerprint density at radius 1 is 1.08 bits per heavy atom. The lowest BCUT2D eigenvalue weighted by atomic mass is 10.1. The molecule has 0 aromatic carbocycles. The smallest absolute Gasteiger partial charge is 0.151 e. The van der Waals surface area contributed by atoms with Crippen molar-refractivity contribution in [3.05, 3.63) is 0 Å². The van der Waals surface area contributed by atoms with Gasteiger partial charge < -0.3 is 14.6 Å². The molecule has 0 amide bonds. The first-order valence-electron chi connectivity index (χ1n) is 5.00. The minimum absolute atomic E-state index is 0.472. The fourth-order valence-corrected chi connectivity index (χ4v) is 0.973.